The van der Waals surface area contributed by atoms with Crippen molar-refractivity contribution in [2.45, 2.75) is 24.9 Å². The van der Waals surface area contributed by atoms with Crippen LogP contribution in [-0.2, 0) is 13.2 Å². The third kappa shape index (κ3) is 3.13. The molecule has 0 atom stereocenters. The molecule has 3 heterocycles. The van der Waals surface area contributed by atoms with Crippen LogP contribution < -0.4 is 0 Å². The van der Waals surface area contributed by atoms with Crippen molar-refractivity contribution < 1.29 is 18.3 Å². The number of aryl methyl sites for hydroxylation is 2. The fourth-order valence-corrected chi connectivity index (χ4v) is 3.12. The zero-order chi connectivity index (χ0) is 18.4. The number of hydrogen-bond acceptors (Lipinski definition) is 6. The molecule has 0 aliphatic rings. The molecule has 0 aliphatic heterocycles. The second-order valence-electron chi connectivity index (χ2n) is 5.30. The number of fused-ring (bicyclic) bond motifs is 1. The van der Waals surface area contributed by atoms with E-state index in [1.807, 2.05) is 6.92 Å². The van der Waals surface area contributed by atoms with E-state index in [1.54, 1.807) is 24.6 Å². The highest BCUT2D eigenvalue weighted by Gasteiger charge is 2.34. The Bertz CT molecular complexity index is 954. The van der Waals surface area contributed by atoms with Crippen LogP contribution in [0.25, 0.3) is 22.7 Å². The molecule has 0 aliphatic carbocycles. The topological polar surface area (TPSA) is 76.7 Å². The summed E-state index contributed by atoms with van der Waals surface area (Å²) in [7, 11) is 1.64. The number of halogens is 3. The van der Waals surface area contributed by atoms with Crippen LogP contribution >= 0.6 is 11.8 Å². The van der Waals surface area contributed by atoms with E-state index in [-0.39, 0.29) is 16.9 Å². The first-order valence-electron chi connectivity index (χ1n) is 7.33. The predicted octanol–water partition coefficient (Wildman–Crippen LogP) is 3.57. The number of hydrogen-bond donors (Lipinski definition) is 1. The number of imidazole rings is 1. The van der Waals surface area contributed by atoms with Crippen molar-refractivity contribution in [3.05, 3.63) is 23.5 Å². The minimum absolute atomic E-state index is 0.0533. The molecule has 0 unspecified atom stereocenters. The fourth-order valence-electron chi connectivity index (χ4n) is 2.34. The van der Waals surface area contributed by atoms with E-state index in [0.717, 1.165) is 11.8 Å². The summed E-state index contributed by atoms with van der Waals surface area (Å²) in [5, 5.41) is 16.8. The molecular weight excluding hydrogens is 355 g/mol. The number of aromatic nitrogens is 5. The van der Waals surface area contributed by atoms with Crippen LogP contribution in [0.1, 0.15) is 18.3 Å². The minimum atomic E-state index is -4.59. The van der Waals surface area contributed by atoms with Gasteiger partial charge in [-0.1, -0.05) is 6.92 Å². The summed E-state index contributed by atoms with van der Waals surface area (Å²) in [5.41, 5.74) is 0.103. The van der Waals surface area contributed by atoms with Gasteiger partial charge in [0, 0.05) is 18.0 Å². The van der Waals surface area contributed by atoms with Crippen LogP contribution in [-0.4, -0.2) is 35.6 Å². The summed E-state index contributed by atoms with van der Waals surface area (Å²) in [6, 6.07) is 2.45. The average molecular weight is 369 g/mol. The van der Waals surface area contributed by atoms with Crippen LogP contribution in [0.2, 0.25) is 0 Å². The lowest BCUT2D eigenvalue weighted by atomic mass is 10.2. The van der Waals surface area contributed by atoms with Gasteiger partial charge >= 0.3 is 6.18 Å². The van der Waals surface area contributed by atoms with Crippen molar-refractivity contribution in [2.24, 2.45) is 7.05 Å². The molecule has 0 amide bonds. The quantitative estimate of drug-likeness (QED) is 0.711. The highest BCUT2D eigenvalue weighted by atomic mass is 32.2. The zero-order valence-corrected chi connectivity index (χ0v) is 14.4. The van der Waals surface area contributed by atoms with Gasteiger partial charge in [0.1, 0.15) is 17.0 Å². The predicted molar refractivity (Wildman–Crippen MR) is 87.3 cm³/mol. The molecule has 3 aromatic heterocycles. The molecule has 0 saturated heterocycles. The summed E-state index contributed by atoms with van der Waals surface area (Å²) in [4.78, 5) is 9.33. The van der Waals surface area contributed by atoms with Gasteiger partial charge in [-0.05, 0) is 18.7 Å². The van der Waals surface area contributed by atoms with Crippen LogP contribution in [0.4, 0.5) is 13.2 Å². The fraction of sp³-hybridized carbons (Fsp3) is 0.333. The van der Waals surface area contributed by atoms with Gasteiger partial charge in [-0.3, -0.25) is 0 Å². The van der Waals surface area contributed by atoms with Gasteiger partial charge in [0.15, 0.2) is 17.2 Å². The van der Waals surface area contributed by atoms with E-state index >= 15 is 0 Å². The summed E-state index contributed by atoms with van der Waals surface area (Å²) < 4.78 is 40.0. The van der Waals surface area contributed by atoms with Crippen LogP contribution in [0.5, 0.6) is 5.75 Å². The van der Waals surface area contributed by atoms with Gasteiger partial charge < -0.3 is 9.67 Å². The van der Waals surface area contributed by atoms with Gasteiger partial charge in [-0.25, -0.2) is 9.97 Å². The molecular formula is C15H14F3N5OS. The minimum Gasteiger partial charge on any atom is -0.506 e. The van der Waals surface area contributed by atoms with Gasteiger partial charge in [-0.2, -0.15) is 13.2 Å². The first kappa shape index (κ1) is 17.5. The SMILES string of the molecule is CCSc1cc(O)c(C)nc1-c1nc2cc(C(F)(F)F)nnc2n1C. The maximum Gasteiger partial charge on any atom is 0.435 e. The maximum atomic E-state index is 12.8. The molecule has 6 nitrogen and oxygen atoms in total. The van der Waals surface area contributed by atoms with Crippen LogP contribution in [0.3, 0.4) is 0 Å². The molecule has 0 saturated carbocycles. The molecule has 0 radical (unpaired) electrons. The number of rotatable bonds is 3. The second kappa shape index (κ2) is 6.17. The van der Waals surface area contributed by atoms with Gasteiger partial charge in [0.25, 0.3) is 0 Å². The maximum absolute atomic E-state index is 12.8. The van der Waals surface area contributed by atoms with Crippen molar-refractivity contribution in [1.82, 2.24) is 24.7 Å². The Labute approximate surface area is 145 Å². The zero-order valence-electron chi connectivity index (χ0n) is 13.6. The monoisotopic (exact) mass is 369 g/mol. The van der Waals surface area contributed by atoms with Crippen molar-refractivity contribution in [1.29, 1.82) is 0 Å². The number of nitrogens with zero attached hydrogens (tertiary/aromatic N) is 5. The van der Waals surface area contributed by atoms with Crippen molar-refractivity contribution in [2.75, 3.05) is 5.75 Å². The molecule has 0 aromatic carbocycles. The Morgan fingerprint density at radius 2 is 1.92 bits per heavy atom. The normalized spacial score (nSPS) is 12.1. The number of pyridine rings is 1. The van der Waals surface area contributed by atoms with Crippen molar-refractivity contribution in [3.63, 3.8) is 0 Å². The Morgan fingerprint density at radius 3 is 2.56 bits per heavy atom. The first-order valence-corrected chi connectivity index (χ1v) is 8.32. The first-order chi connectivity index (χ1) is 11.7. The van der Waals surface area contributed by atoms with E-state index in [9.17, 15) is 18.3 Å². The smallest absolute Gasteiger partial charge is 0.435 e. The Balaban J connectivity index is 2.23. The standard InChI is InChI=1S/C15H14F3N5OS/c1-4-25-10-6-9(24)7(2)19-12(10)14-20-8-5-11(15(16,17)18)21-22-13(8)23(14)3/h5-6,24H,4H2,1-3H3. The number of aromatic hydroxyl groups is 1. The Hall–Kier alpha value is -2.36. The van der Waals surface area contributed by atoms with E-state index in [1.165, 1.54) is 11.8 Å². The van der Waals surface area contributed by atoms with E-state index in [2.05, 4.69) is 20.2 Å². The lowest BCUT2D eigenvalue weighted by Crippen LogP contribution is -2.09. The van der Waals surface area contributed by atoms with Crippen molar-refractivity contribution in [3.8, 4) is 17.3 Å². The Morgan fingerprint density at radius 1 is 1.20 bits per heavy atom. The summed E-state index contributed by atoms with van der Waals surface area (Å²) in [5.74, 6) is 1.15. The largest absolute Gasteiger partial charge is 0.506 e. The molecule has 132 valence electrons. The summed E-state index contributed by atoms with van der Waals surface area (Å²) in [6.07, 6.45) is -4.59. The van der Waals surface area contributed by atoms with E-state index in [4.69, 9.17) is 0 Å². The highest BCUT2D eigenvalue weighted by Crippen LogP contribution is 2.35. The van der Waals surface area contributed by atoms with Gasteiger partial charge in [0.05, 0.1) is 5.69 Å². The molecule has 25 heavy (non-hydrogen) atoms. The van der Waals surface area contributed by atoms with Crippen LogP contribution in [0, 0.1) is 6.92 Å². The third-order valence-electron chi connectivity index (χ3n) is 3.57. The van der Waals surface area contributed by atoms with Gasteiger partial charge in [-0.15, -0.1) is 22.0 Å². The van der Waals surface area contributed by atoms with E-state index < -0.39 is 11.9 Å². The molecule has 1 N–H and O–H groups in total. The van der Waals surface area contributed by atoms with E-state index in [0.29, 0.717) is 22.1 Å². The van der Waals surface area contributed by atoms with Crippen LogP contribution in [0.15, 0.2) is 17.0 Å². The highest BCUT2D eigenvalue weighted by molar-refractivity contribution is 7.99. The molecule has 3 aromatic rings. The molecule has 10 heteroatoms. The molecule has 0 bridgehead atoms. The van der Waals surface area contributed by atoms with Gasteiger partial charge in [0.2, 0.25) is 0 Å². The third-order valence-corrected chi connectivity index (χ3v) is 4.48. The summed E-state index contributed by atoms with van der Waals surface area (Å²) in [6.45, 7) is 3.59. The average Bonchev–Trinajstić information content (AvgIpc) is 2.86. The summed E-state index contributed by atoms with van der Waals surface area (Å²) >= 11 is 1.45. The lowest BCUT2D eigenvalue weighted by Gasteiger charge is -2.10. The molecule has 3 rings (SSSR count). The number of alkyl halides is 3. The van der Waals surface area contributed by atoms with Crippen molar-refractivity contribution >= 4 is 22.9 Å². The second-order valence-corrected chi connectivity index (χ2v) is 6.61. The lowest BCUT2D eigenvalue weighted by molar-refractivity contribution is -0.141. The molecule has 0 spiro atoms. The Kier molecular flexibility index (Phi) is 4.31. The number of thioether (sulfide) groups is 1. The molecule has 0 fully saturated rings.